The van der Waals surface area contributed by atoms with Gasteiger partial charge in [-0.1, -0.05) is 6.92 Å². The molecule has 2 nitrogen and oxygen atoms in total. The van der Waals surface area contributed by atoms with Crippen molar-refractivity contribution >= 4 is 0 Å². The van der Waals surface area contributed by atoms with Crippen molar-refractivity contribution < 1.29 is 0 Å². The number of rotatable bonds is 1. The van der Waals surface area contributed by atoms with Gasteiger partial charge in [-0.2, -0.15) is 0 Å². The number of nitrogens with zero attached hydrogens (tertiary/aromatic N) is 2. The summed E-state index contributed by atoms with van der Waals surface area (Å²) in [5, 5.41) is 0. The Hall–Kier alpha value is -0.0800. The third-order valence-electron chi connectivity index (χ3n) is 3.09. The van der Waals surface area contributed by atoms with E-state index in [1.54, 1.807) is 0 Å². The van der Waals surface area contributed by atoms with Crippen LogP contribution < -0.4 is 0 Å². The minimum atomic E-state index is 0.619. The van der Waals surface area contributed by atoms with Gasteiger partial charge in [0.2, 0.25) is 0 Å². The number of hydrogen-bond donors (Lipinski definition) is 0. The zero-order chi connectivity index (χ0) is 8.43. The van der Waals surface area contributed by atoms with Gasteiger partial charge in [-0.15, -0.1) is 0 Å². The Morgan fingerprint density at radius 3 is 2.55 bits per heavy atom. The molecule has 1 rings (SSSR count). The zero-order valence-corrected chi connectivity index (χ0v) is 8.17. The van der Waals surface area contributed by atoms with Crippen molar-refractivity contribution in [2.45, 2.75) is 38.9 Å². The SMILES string of the molecule is CCC1CCN(C)C(C)N1C. The Balaban J connectivity index is 2.52. The fourth-order valence-corrected chi connectivity index (χ4v) is 1.85. The maximum atomic E-state index is 2.48. The van der Waals surface area contributed by atoms with Crippen LogP contribution in [0.25, 0.3) is 0 Å². The van der Waals surface area contributed by atoms with E-state index in [1.165, 1.54) is 19.4 Å². The van der Waals surface area contributed by atoms with Gasteiger partial charge in [0, 0.05) is 12.6 Å². The molecule has 0 saturated carbocycles. The predicted octanol–water partition coefficient (Wildman–Crippen LogP) is 1.38. The van der Waals surface area contributed by atoms with Crippen molar-refractivity contribution in [3.8, 4) is 0 Å². The molecule has 2 heteroatoms. The van der Waals surface area contributed by atoms with Crippen LogP contribution in [0.5, 0.6) is 0 Å². The molecule has 0 aromatic heterocycles. The first-order valence-electron chi connectivity index (χ1n) is 4.59. The van der Waals surface area contributed by atoms with Crippen molar-refractivity contribution in [2.24, 2.45) is 0 Å². The Labute approximate surface area is 70.2 Å². The summed E-state index contributed by atoms with van der Waals surface area (Å²) < 4.78 is 0. The monoisotopic (exact) mass is 156 g/mol. The summed E-state index contributed by atoms with van der Waals surface area (Å²) >= 11 is 0. The average molecular weight is 156 g/mol. The highest BCUT2D eigenvalue weighted by atomic mass is 15.4. The molecule has 0 amide bonds. The fourth-order valence-electron chi connectivity index (χ4n) is 1.85. The lowest BCUT2D eigenvalue weighted by Gasteiger charge is -2.43. The summed E-state index contributed by atoms with van der Waals surface area (Å²) in [6, 6.07) is 0.807. The second-order valence-corrected chi connectivity index (χ2v) is 3.63. The molecule has 0 aromatic carbocycles. The minimum Gasteiger partial charge on any atom is -0.291 e. The third-order valence-corrected chi connectivity index (χ3v) is 3.09. The lowest BCUT2D eigenvalue weighted by atomic mass is 10.1. The molecular formula is C9H20N2. The van der Waals surface area contributed by atoms with Gasteiger partial charge in [-0.3, -0.25) is 9.80 Å². The van der Waals surface area contributed by atoms with E-state index in [1.807, 2.05) is 0 Å². The summed E-state index contributed by atoms with van der Waals surface area (Å²) in [4.78, 5) is 4.88. The third kappa shape index (κ3) is 1.74. The Bertz CT molecular complexity index is 123. The Morgan fingerprint density at radius 1 is 1.36 bits per heavy atom. The molecule has 0 aliphatic carbocycles. The smallest absolute Gasteiger partial charge is 0.0590 e. The quantitative estimate of drug-likeness (QED) is 0.566. The normalized spacial score (nSPS) is 36.0. The summed E-state index contributed by atoms with van der Waals surface area (Å²) in [6.45, 7) is 5.81. The second-order valence-electron chi connectivity index (χ2n) is 3.63. The van der Waals surface area contributed by atoms with Crippen LogP contribution >= 0.6 is 0 Å². The van der Waals surface area contributed by atoms with Crippen molar-refractivity contribution in [3.63, 3.8) is 0 Å². The largest absolute Gasteiger partial charge is 0.291 e. The van der Waals surface area contributed by atoms with Crippen molar-refractivity contribution in [3.05, 3.63) is 0 Å². The van der Waals surface area contributed by atoms with E-state index in [0.29, 0.717) is 6.17 Å². The summed E-state index contributed by atoms with van der Waals surface area (Å²) in [6.07, 6.45) is 3.23. The van der Waals surface area contributed by atoms with Gasteiger partial charge >= 0.3 is 0 Å². The van der Waals surface area contributed by atoms with E-state index in [9.17, 15) is 0 Å². The average Bonchev–Trinajstić information content (AvgIpc) is 2.01. The molecule has 2 unspecified atom stereocenters. The molecule has 11 heavy (non-hydrogen) atoms. The molecule has 1 saturated heterocycles. The van der Waals surface area contributed by atoms with Crippen LogP contribution in [0.2, 0.25) is 0 Å². The molecule has 0 N–H and O–H groups in total. The first-order valence-corrected chi connectivity index (χ1v) is 4.59. The van der Waals surface area contributed by atoms with Gasteiger partial charge in [0.1, 0.15) is 0 Å². The van der Waals surface area contributed by atoms with Crippen molar-refractivity contribution in [2.75, 3.05) is 20.6 Å². The van der Waals surface area contributed by atoms with E-state index >= 15 is 0 Å². The zero-order valence-electron chi connectivity index (χ0n) is 8.17. The first-order chi connectivity index (χ1) is 5.16. The highest BCUT2D eigenvalue weighted by Gasteiger charge is 2.26. The van der Waals surface area contributed by atoms with E-state index in [4.69, 9.17) is 0 Å². The predicted molar refractivity (Wildman–Crippen MR) is 48.6 cm³/mol. The Kier molecular flexibility index (Phi) is 2.90. The van der Waals surface area contributed by atoms with E-state index in [0.717, 1.165) is 6.04 Å². The van der Waals surface area contributed by atoms with E-state index < -0.39 is 0 Å². The van der Waals surface area contributed by atoms with Gasteiger partial charge in [0.15, 0.2) is 0 Å². The standard InChI is InChI=1S/C9H20N2/c1-5-9-6-7-10(3)8(2)11(9)4/h8-9H,5-7H2,1-4H3. The van der Waals surface area contributed by atoms with Gasteiger partial charge in [-0.25, -0.2) is 0 Å². The molecule has 0 aromatic rings. The molecule has 66 valence electrons. The molecule has 1 fully saturated rings. The second kappa shape index (κ2) is 3.55. The van der Waals surface area contributed by atoms with Crippen molar-refractivity contribution in [1.29, 1.82) is 0 Å². The van der Waals surface area contributed by atoms with Crippen LogP contribution in [0.1, 0.15) is 26.7 Å². The van der Waals surface area contributed by atoms with E-state index in [-0.39, 0.29) is 0 Å². The number of hydrogen-bond acceptors (Lipinski definition) is 2. The Morgan fingerprint density at radius 2 is 2.00 bits per heavy atom. The van der Waals surface area contributed by atoms with E-state index in [2.05, 4.69) is 37.7 Å². The molecule has 1 aliphatic heterocycles. The summed E-state index contributed by atoms with van der Waals surface area (Å²) in [5.74, 6) is 0. The van der Waals surface area contributed by atoms with Crippen LogP contribution in [0.15, 0.2) is 0 Å². The molecule has 1 heterocycles. The molecule has 0 radical (unpaired) electrons. The molecule has 0 bridgehead atoms. The lowest BCUT2D eigenvalue weighted by molar-refractivity contribution is 0.0106. The summed E-state index contributed by atoms with van der Waals surface area (Å²) in [7, 11) is 4.43. The molecule has 2 atom stereocenters. The highest BCUT2D eigenvalue weighted by Crippen LogP contribution is 2.18. The summed E-state index contributed by atoms with van der Waals surface area (Å²) in [5.41, 5.74) is 0. The van der Waals surface area contributed by atoms with Crippen LogP contribution in [0.4, 0.5) is 0 Å². The topological polar surface area (TPSA) is 6.48 Å². The van der Waals surface area contributed by atoms with Gasteiger partial charge in [-0.05, 0) is 33.9 Å². The molecule has 0 spiro atoms. The highest BCUT2D eigenvalue weighted by molar-refractivity contribution is 4.78. The maximum absolute atomic E-state index is 2.48. The van der Waals surface area contributed by atoms with Crippen LogP contribution in [-0.2, 0) is 0 Å². The first kappa shape index (κ1) is 9.01. The van der Waals surface area contributed by atoms with Crippen LogP contribution in [0, 0.1) is 0 Å². The lowest BCUT2D eigenvalue weighted by Crippen LogP contribution is -2.53. The molecular weight excluding hydrogens is 136 g/mol. The molecule has 1 aliphatic rings. The minimum absolute atomic E-state index is 0.619. The maximum Gasteiger partial charge on any atom is 0.0590 e. The van der Waals surface area contributed by atoms with Gasteiger partial charge in [0.05, 0.1) is 6.17 Å². The van der Waals surface area contributed by atoms with Gasteiger partial charge in [0.25, 0.3) is 0 Å². The van der Waals surface area contributed by atoms with Crippen molar-refractivity contribution in [1.82, 2.24) is 9.80 Å². The van der Waals surface area contributed by atoms with Crippen LogP contribution in [-0.4, -0.2) is 42.6 Å². The van der Waals surface area contributed by atoms with Crippen LogP contribution in [0.3, 0.4) is 0 Å². The van der Waals surface area contributed by atoms with Gasteiger partial charge < -0.3 is 0 Å². The fraction of sp³-hybridized carbons (Fsp3) is 1.00.